The molecule has 1 atom stereocenters. The number of aryl methyl sites for hydroxylation is 1. The Morgan fingerprint density at radius 3 is 2.68 bits per heavy atom. The number of sulfonamides is 1. The third-order valence-electron chi connectivity index (χ3n) is 4.12. The van der Waals surface area contributed by atoms with Crippen molar-refractivity contribution in [1.29, 1.82) is 0 Å². The van der Waals surface area contributed by atoms with Gasteiger partial charge in [-0.15, -0.1) is 22.7 Å². The molecule has 0 amide bonds. The molecular formula is C20H23NO4S3. The van der Waals surface area contributed by atoms with Crippen LogP contribution in [-0.4, -0.2) is 20.1 Å². The molecule has 3 aromatic rings. The van der Waals surface area contributed by atoms with Gasteiger partial charge >= 0.3 is 0 Å². The smallest absolute Gasteiger partial charge is 0.240 e. The van der Waals surface area contributed by atoms with Gasteiger partial charge in [-0.1, -0.05) is 13.0 Å². The maximum Gasteiger partial charge on any atom is 0.240 e. The Labute approximate surface area is 173 Å². The van der Waals surface area contributed by atoms with Crippen molar-refractivity contribution in [3.8, 4) is 5.75 Å². The highest BCUT2D eigenvalue weighted by molar-refractivity contribution is 7.89. The first kappa shape index (κ1) is 21.0. The van der Waals surface area contributed by atoms with E-state index in [0.717, 1.165) is 26.6 Å². The molecule has 5 nitrogen and oxygen atoms in total. The molecule has 150 valence electrons. The van der Waals surface area contributed by atoms with Crippen LogP contribution in [0.3, 0.4) is 0 Å². The van der Waals surface area contributed by atoms with Gasteiger partial charge in [-0.05, 0) is 60.7 Å². The van der Waals surface area contributed by atoms with Gasteiger partial charge in [-0.2, -0.15) is 0 Å². The summed E-state index contributed by atoms with van der Waals surface area (Å²) in [6.45, 7) is 4.63. The number of hydrogen-bond donors (Lipinski definition) is 2. The second-order valence-corrected chi connectivity index (χ2v) is 10.3. The second-order valence-electron chi connectivity index (χ2n) is 6.32. The molecule has 2 N–H and O–H groups in total. The minimum Gasteiger partial charge on any atom is -0.493 e. The van der Waals surface area contributed by atoms with Gasteiger partial charge in [-0.3, -0.25) is 0 Å². The van der Waals surface area contributed by atoms with Gasteiger partial charge in [0.1, 0.15) is 11.9 Å². The SMILES string of the molecule is CCCOc1ccc(S(=O)(=O)NCc2ccc(C(O)c3cccs3)s2)cc1C. The van der Waals surface area contributed by atoms with Gasteiger partial charge in [0.05, 0.1) is 11.5 Å². The van der Waals surface area contributed by atoms with Crippen LogP contribution in [0.25, 0.3) is 0 Å². The Morgan fingerprint density at radius 2 is 2.00 bits per heavy atom. The fraction of sp³-hybridized carbons (Fsp3) is 0.300. The second kappa shape index (κ2) is 9.19. The minimum absolute atomic E-state index is 0.178. The van der Waals surface area contributed by atoms with E-state index in [9.17, 15) is 13.5 Å². The van der Waals surface area contributed by atoms with Crippen LogP contribution >= 0.6 is 22.7 Å². The molecule has 8 heteroatoms. The van der Waals surface area contributed by atoms with Crippen molar-refractivity contribution in [3.63, 3.8) is 0 Å². The van der Waals surface area contributed by atoms with Crippen molar-refractivity contribution in [1.82, 2.24) is 4.72 Å². The third-order valence-corrected chi connectivity index (χ3v) is 7.58. The third kappa shape index (κ3) is 5.01. The molecule has 1 unspecified atom stereocenters. The number of ether oxygens (including phenoxy) is 1. The fourth-order valence-electron chi connectivity index (χ4n) is 2.64. The van der Waals surface area contributed by atoms with E-state index in [1.807, 2.05) is 43.5 Å². The molecule has 0 aliphatic rings. The van der Waals surface area contributed by atoms with E-state index in [4.69, 9.17) is 4.74 Å². The molecule has 0 aliphatic heterocycles. The lowest BCUT2D eigenvalue weighted by molar-refractivity contribution is 0.228. The van der Waals surface area contributed by atoms with Crippen LogP contribution < -0.4 is 9.46 Å². The Balaban J connectivity index is 1.66. The van der Waals surface area contributed by atoms with E-state index >= 15 is 0 Å². The van der Waals surface area contributed by atoms with Crippen LogP contribution in [0.15, 0.2) is 52.7 Å². The standard InChI is InChI=1S/C20H23NO4S3/c1-3-10-25-17-8-7-16(12-14(17)2)28(23,24)21-13-15-6-9-19(27-15)20(22)18-5-4-11-26-18/h4-9,11-12,20-22H,3,10,13H2,1-2H3. The summed E-state index contributed by atoms with van der Waals surface area (Å²) in [4.78, 5) is 2.72. The molecule has 0 aliphatic carbocycles. The predicted octanol–water partition coefficient (Wildman–Crippen LogP) is 4.47. The number of hydrogen-bond acceptors (Lipinski definition) is 6. The van der Waals surface area contributed by atoms with Crippen LogP contribution in [0.1, 0.15) is 39.6 Å². The molecule has 0 fully saturated rings. The zero-order chi connectivity index (χ0) is 20.1. The summed E-state index contributed by atoms with van der Waals surface area (Å²) in [6, 6.07) is 12.3. The molecule has 1 aromatic carbocycles. The van der Waals surface area contributed by atoms with E-state index in [2.05, 4.69) is 4.72 Å². The van der Waals surface area contributed by atoms with Gasteiger partial charge in [-0.25, -0.2) is 13.1 Å². The maximum absolute atomic E-state index is 12.6. The molecular weight excluding hydrogens is 414 g/mol. The van der Waals surface area contributed by atoms with Crippen molar-refractivity contribution in [2.75, 3.05) is 6.61 Å². The summed E-state index contributed by atoms with van der Waals surface area (Å²) >= 11 is 2.89. The number of nitrogens with one attached hydrogen (secondary N) is 1. The summed E-state index contributed by atoms with van der Waals surface area (Å²) in [5.41, 5.74) is 0.786. The normalized spacial score (nSPS) is 12.8. The summed E-state index contributed by atoms with van der Waals surface area (Å²) in [7, 11) is -3.63. The zero-order valence-corrected chi connectivity index (χ0v) is 18.2. The van der Waals surface area contributed by atoms with Gasteiger partial charge in [0.15, 0.2) is 0 Å². The Bertz CT molecular complexity index is 1010. The maximum atomic E-state index is 12.6. The van der Waals surface area contributed by atoms with Gasteiger partial charge in [0.2, 0.25) is 10.0 Å². The van der Waals surface area contributed by atoms with Crippen LogP contribution in [-0.2, 0) is 16.6 Å². The zero-order valence-electron chi connectivity index (χ0n) is 15.7. The number of benzene rings is 1. The summed E-state index contributed by atoms with van der Waals surface area (Å²) < 4.78 is 33.5. The Morgan fingerprint density at radius 1 is 1.18 bits per heavy atom. The highest BCUT2D eigenvalue weighted by Gasteiger charge is 2.18. The highest BCUT2D eigenvalue weighted by Crippen LogP contribution is 2.31. The number of rotatable bonds is 9. The lowest BCUT2D eigenvalue weighted by Crippen LogP contribution is -2.22. The van der Waals surface area contributed by atoms with Crippen molar-refractivity contribution >= 4 is 32.7 Å². The van der Waals surface area contributed by atoms with Gasteiger partial charge in [0, 0.05) is 21.2 Å². The summed E-state index contributed by atoms with van der Waals surface area (Å²) in [5.74, 6) is 0.700. The topological polar surface area (TPSA) is 75.6 Å². The summed E-state index contributed by atoms with van der Waals surface area (Å²) in [6.07, 6.45) is 0.221. The van der Waals surface area contributed by atoms with E-state index in [0.29, 0.717) is 12.4 Å². The fourth-order valence-corrected chi connectivity index (χ4v) is 5.58. The van der Waals surface area contributed by atoms with E-state index in [-0.39, 0.29) is 11.4 Å². The molecule has 3 rings (SSSR count). The number of aliphatic hydroxyl groups excluding tert-OH is 1. The first-order valence-electron chi connectivity index (χ1n) is 8.94. The van der Waals surface area contributed by atoms with E-state index in [1.165, 1.54) is 22.7 Å². The molecule has 0 spiro atoms. The van der Waals surface area contributed by atoms with E-state index < -0.39 is 16.1 Å². The average Bonchev–Trinajstić information content (AvgIpc) is 3.37. The molecule has 0 radical (unpaired) electrons. The van der Waals surface area contributed by atoms with Crippen molar-refractivity contribution in [3.05, 3.63) is 68.0 Å². The quantitative estimate of drug-likeness (QED) is 0.518. The average molecular weight is 438 g/mol. The molecule has 0 bridgehead atoms. The van der Waals surface area contributed by atoms with E-state index in [1.54, 1.807) is 18.2 Å². The van der Waals surface area contributed by atoms with Crippen LogP contribution in [0.5, 0.6) is 5.75 Å². The molecule has 28 heavy (non-hydrogen) atoms. The van der Waals surface area contributed by atoms with Crippen LogP contribution in [0.2, 0.25) is 0 Å². The van der Waals surface area contributed by atoms with Crippen LogP contribution in [0, 0.1) is 6.92 Å². The van der Waals surface area contributed by atoms with Gasteiger partial charge in [0.25, 0.3) is 0 Å². The summed E-state index contributed by atoms with van der Waals surface area (Å²) in [5, 5.41) is 12.3. The molecule has 0 saturated carbocycles. The largest absolute Gasteiger partial charge is 0.493 e. The number of aliphatic hydroxyl groups is 1. The molecule has 2 aromatic heterocycles. The first-order valence-corrected chi connectivity index (χ1v) is 12.1. The highest BCUT2D eigenvalue weighted by atomic mass is 32.2. The monoisotopic (exact) mass is 437 g/mol. The number of thiophene rings is 2. The Hall–Kier alpha value is -1.71. The Kier molecular flexibility index (Phi) is 6.90. The molecule has 0 saturated heterocycles. The molecule has 2 heterocycles. The lowest BCUT2D eigenvalue weighted by Gasteiger charge is -2.11. The van der Waals surface area contributed by atoms with Crippen molar-refractivity contribution in [2.45, 2.75) is 37.8 Å². The minimum atomic E-state index is -3.63. The van der Waals surface area contributed by atoms with Crippen molar-refractivity contribution < 1.29 is 18.3 Å². The predicted molar refractivity (Wildman–Crippen MR) is 114 cm³/mol. The van der Waals surface area contributed by atoms with Gasteiger partial charge < -0.3 is 9.84 Å². The first-order chi connectivity index (χ1) is 13.4. The van der Waals surface area contributed by atoms with Crippen molar-refractivity contribution in [2.24, 2.45) is 0 Å². The lowest BCUT2D eigenvalue weighted by atomic mass is 10.2. The van der Waals surface area contributed by atoms with Crippen LogP contribution in [0.4, 0.5) is 0 Å².